The van der Waals surface area contributed by atoms with Crippen molar-refractivity contribution in [2.24, 2.45) is 0 Å². The van der Waals surface area contributed by atoms with Crippen LogP contribution in [0.4, 0.5) is 0 Å². The van der Waals surface area contributed by atoms with Gasteiger partial charge in [0.25, 0.3) is 5.91 Å². The highest BCUT2D eigenvalue weighted by atomic mass is 16.5. The number of nitrogens with one attached hydrogen (secondary N) is 1. The predicted molar refractivity (Wildman–Crippen MR) is 73.6 cm³/mol. The molecule has 0 spiro atoms. The molecule has 1 heterocycles. The average Bonchev–Trinajstić information content (AvgIpc) is 2.99. The average molecular weight is 275 g/mol. The van der Waals surface area contributed by atoms with Crippen molar-refractivity contribution in [1.29, 1.82) is 0 Å². The summed E-state index contributed by atoms with van der Waals surface area (Å²) < 4.78 is 10.5. The molecule has 20 heavy (non-hydrogen) atoms. The Morgan fingerprint density at radius 2 is 2.15 bits per heavy atom. The number of furan rings is 1. The van der Waals surface area contributed by atoms with Crippen LogP contribution >= 0.6 is 0 Å². The maximum absolute atomic E-state index is 12.1. The fourth-order valence-electron chi connectivity index (χ4n) is 1.80. The number of hydrogen-bond acceptors (Lipinski definition) is 4. The molecule has 1 aromatic heterocycles. The quantitative estimate of drug-likeness (QED) is 0.847. The summed E-state index contributed by atoms with van der Waals surface area (Å²) in [4.78, 5) is 12.1. The van der Waals surface area contributed by atoms with Gasteiger partial charge in [0, 0.05) is 0 Å². The van der Waals surface area contributed by atoms with E-state index in [1.165, 1.54) is 6.26 Å². The first-order chi connectivity index (χ1) is 9.72. The summed E-state index contributed by atoms with van der Waals surface area (Å²) in [5.74, 6) is 0.656. The maximum atomic E-state index is 12.1. The molecular weight excluding hydrogens is 258 g/mol. The van der Waals surface area contributed by atoms with Gasteiger partial charge in [0.2, 0.25) is 0 Å². The van der Waals surface area contributed by atoms with E-state index in [9.17, 15) is 9.90 Å². The first-order valence-corrected chi connectivity index (χ1v) is 6.44. The first kappa shape index (κ1) is 14.1. The molecule has 0 bridgehead atoms. The van der Waals surface area contributed by atoms with Crippen LogP contribution in [0.2, 0.25) is 0 Å². The van der Waals surface area contributed by atoms with Gasteiger partial charge in [0.15, 0.2) is 0 Å². The lowest BCUT2D eigenvalue weighted by Crippen LogP contribution is -2.28. The Morgan fingerprint density at radius 1 is 1.35 bits per heavy atom. The third kappa shape index (κ3) is 3.39. The van der Waals surface area contributed by atoms with Crippen LogP contribution in [-0.4, -0.2) is 24.2 Å². The van der Waals surface area contributed by atoms with Gasteiger partial charge in [-0.25, -0.2) is 0 Å². The van der Waals surface area contributed by atoms with E-state index in [2.05, 4.69) is 5.32 Å². The maximum Gasteiger partial charge on any atom is 0.255 e. The smallest absolute Gasteiger partial charge is 0.255 e. The number of benzene rings is 1. The standard InChI is InChI=1S/C15H17NO4/c1-2-19-13-7-4-3-6-11(13)15(18)16-10-12(17)14-8-5-9-20-14/h3-9,12,17H,2,10H2,1H3,(H,16,18). The normalized spacial score (nSPS) is 11.9. The van der Waals surface area contributed by atoms with Crippen LogP contribution in [-0.2, 0) is 0 Å². The van der Waals surface area contributed by atoms with Crippen LogP contribution < -0.4 is 10.1 Å². The van der Waals surface area contributed by atoms with Gasteiger partial charge in [-0.15, -0.1) is 0 Å². The van der Waals surface area contributed by atoms with Crippen LogP contribution in [0.15, 0.2) is 47.1 Å². The van der Waals surface area contributed by atoms with Crippen molar-refractivity contribution in [3.05, 3.63) is 54.0 Å². The molecule has 0 saturated carbocycles. The number of amides is 1. The summed E-state index contributed by atoms with van der Waals surface area (Å²) in [7, 11) is 0. The summed E-state index contributed by atoms with van der Waals surface area (Å²) in [6, 6.07) is 10.3. The molecule has 1 amide bonds. The second kappa shape index (κ2) is 6.77. The lowest BCUT2D eigenvalue weighted by Gasteiger charge is -2.12. The molecule has 0 aliphatic heterocycles. The van der Waals surface area contributed by atoms with Gasteiger partial charge in [-0.1, -0.05) is 12.1 Å². The fraction of sp³-hybridized carbons (Fsp3) is 0.267. The minimum absolute atomic E-state index is 0.0762. The molecule has 1 unspecified atom stereocenters. The van der Waals surface area contributed by atoms with E-state index in [4.69, 9.17) is 9.15 Å². The van der Waals surface area contributed by atoms with Crippen molar-refractivity contribution in [2.45, 2.75) is 13.0 Å². The molecular formula is C15H17NO4. The van der Waals surface area contributed by atoms with E-state index >= 15 is 0 Å². The van der Waals surface area contributed by atoms with E-state index < -0.39 is 6.10 Å². The van der Waals surface area contributed by atoms with Crippen LogP contribution in [0, 0.1) is 0 Å². The Morgan fingerprint density at radius 3 is 2.85 bits per heavy atom. The van der Waals surface area contributed by atoms with Crippen molar-refractivity contribution >= 4 is 5.91 Å². The second-order valence-corrected chi connectivity index (χ2v) is 4.17. The van der Waals surface area contributed by atoms with Crippen LogP contribution in [0.1, 0.15) is 29.1 Å². The highest BCUT2D eigenvalue weighted by Crippen LogP contribution is 2.18. The van der Waals surface area contributed by atoms with Gasteiger partial charge >= 0.3 is 0 Å². The lowest BCUT2D eigenvalue weighted by atomic mass is 10.2. The molecule has 106 valence electrons. The zero-order valence-electron chi connectivity index (χ0n) is 11.2. The van der Waals surface area contributed by atoms with Gasteiger partial charge in [-0.2, -0.15) is 0 Å². The van der Waals surface area contributed by atoms with Crippen molar-refractivity contribution < 1.29 is 19.1 Å². The molecule has 5 heteroatoms. The molecule has 0 aliphatic rings. The highest BCUT2D eigenvalue weighted by Gasteiger charge is 2.15. The Labute approximate surface area is 117 Å². The summed E-state index contributed by atoms with van der Waals surface area (Å²) in [6.45, 7) is 2.42. The first-order valence-electron chi connectivity index (χ1n) is 6.44. The molecule has 1 atom stereocenters. The summed E-state index contributed by atoms with van der Waals surface area (Å²) >= 11 is 0. The molecule has 2 rings (SSSR count). The van der Waals surface area contributed by atoms with Crippen LogP contribution in [0.3, 0.4) is 0 Å². The number of carbonyl (C=O) groups excluding carboxylic acids is 1. The molecule has 0 aliphatic carbocycles. The van der Waals surface area contributed by atoms with Crippen LogP contribution in [0.25, 0.3) is 0 Å². The fourth-order valence-corrected chi connectivity index (χ4v) is 1.80. The van der Waals surface area contributed by atoms with Gasteiger partial charge < -0.3 is 19.6 Å². The Kier molecular flexibility index (Phi) is 4.79. The van der Waals surface area contributed by atoms with Crippen molar-refractivity contribution in [2.75, 3.05) is 13.2 Å². The minimum atomic E-state index is -0.867. The van der Waals surface area contributed by atoms with E-state index in [1.54, 1.807) is 36.4 Å². The van der Waals surface area contributed by atoms with Gasteiger partial charge in [-0.05, 0) is 31.2 Å². The van der Waals surface area contributed by atoms with Gasteiger partial charge in [-0.3, -0.25) is 4.79 Å². The molecule has 0 fully saturated rings. The van der Waals surface area contributed by atoms with E-state index in [-0.39, 0.29) is 12.5 Å². The van der Waals surface area contributed by atoms with Gasteiger partial charge in [0.1, 0.15) is 17.6 Å². The summed E-state index contributed by atoms with van der Waals surface area (Å²) in [5, 5.41) is 12.5. The van der Waals surface area contributed by atoms with E-state index in [0.29, 0.717) is 23.7 Å². The third-order valence-electron chi connectivity index (χ3n) is 2.76. The summed E-state index contributed by atoms with van der Waals surface area (Å²) in [6.07, 6.45) is 0.610. The van der Waals surface area contributed by atoms with Crippen molar-refractivity contribution in [1.82, 2.24) is 5.32 Å². The number of para-hydroxylation sites is 1. The van der Waals surface area contributed by atoms with E-state index in [1.807, 2.05) is 6.92 Å². The summed E-state index contributed by atoms with van der Waals surface area (Å²) in [5.41, 5.74) is 0.445. The zero-order chi connectivity index (χ0) is 14.4. The Bertz CT molecular complexity index is 551. The number of rotatable bonds is 6. The third-order valence-corrected chi connectivity index (χ3v) is 2.76. The predicted octanol–water partition coefficient (Wildman–Crippen LogP) is 2.14. The molecule has 2 aromatic rings. The number of aliphatic hydroxyl groups is 1. The topological polar surface area (TPSA) is 71.7 Å². The molecule has 1 aromatic carbocycles. The number of carbonyl (C=O) groups is 1. The Hall–Kier alpha value is -2.27. The molecule has 5 nitrogen and oxygen atoms in total. The van der Waals surface area contributed by atoms with Crippen molar-refractivity contribution in [3.63, 3.8) is 0 Å². The monoisotopic (exact) mass is 275 g/mol. The number of hydrogen-bond donors (Lipinski definition) is 2. The van der Waals surface area contributed by atoms with E-state index in [0.717, 1.165) is 0 Å². The lowest BCUT2D eigenvalue weighted by molar-refractivity contribution is 0.0897. The molecule has 0 saturated heterocycles. The number of aliphatic hydroxyl groups excluding tert-OH is 1. The minimum Gasteiger partial charge on any atom is -0.493 e. The van der Waals surface area contributed by atoms with Gasteiger partial charge in [0.05, 0.1) is 25.0 Å². The molecule has 0 radical (unpaired) electrons. The molecule has 2 N–H and O–H groups in total. The SMILES string of the molecule is CCOc1ccccc1C(=O)NCC(O)c1ccco1. The highest BCUT2D eigenvalue weighted by molar-refractivity contribution is 5.96. The number of ether oxygens (including phenoxy) is 1. The Balaban J connectivity index is 1.98. The second-order valence-electron chi connectivity index (χ2n) is 4.17. The van der Waals surface area contributed by atoms with Crippen molar-refractivity contribution in [3.8, 4) is 5.75 Å². The van der Waals surface area contributed by atoms with Crippen LogP contribution in [0.5, 0.6) is 5.75 Å². The largest absolute Gasteiger partial charge is 0.493 e. The zero-order valence-corrected chi connectivity index (χ0v) is 11.2.